The number of carbonyl (C=O) groups excluding carboxylic acids is 1. The van der Waals surface area contributed by atoms with E-state index in [4.69, 9.17) is 18.9 Å². The van der Waals surface area contributed by atoms with Crippen LogP contribution in [0.1, 0.15) is 44.0 Å². The highest BCUT2D eigenvalue weighted by Gasteiger charge is 2.27. The molecule has 1 amide bonds. The first-order valence-electron chi connectivity index (χ1n) is 12.0. The smallest absolute Gasteiger partial charge is 0.254 e. The van der Waals surface area contributed by atoms with Crippen LogP contribution in [0, 0.1) is 0 Å². The minimum Gasteiger partial charge on any atom is -0.490 e. The number of amides is 1. The molecule has 2 heterocycles. The van der Waals surface area contributed by atoms with Crippen LogP contribution in [0.25, 0.3) is 10.9 Å². The number of benzene rings is 2. The van der Waals surface area contributed by atoms with E-state index < -0.39 is 0 Å². The van der Waals surface area contributed by atoms with Crippen molar-refractivity contribution in [3.8, 4) is 23.0 Å². The van der Waals surface area contributed by atoms with E-state index >= 15 is 0 Å². The number of fused-ring (bicyclic) bond motifs is 1. The van der Waals surface area contributed by atoms with Gasteiger partial charge in [-0.25, -0.2) is 0 Å². The Hall–Kier alpha value is -3.48. The average molecular weight is 465 g/mol. The van der Waals surface area contributed by atoms with Gasteiger partial charge >= 0.3 is 0 Å². The Labute approximate surface area is 200 Å². The van der Waals surface area contributed by atoms with Gasteiger partial charge in [-0.3, -0.25) is 9.78 Å². The first-order valence-corrected chi connectivity index (χ1v) is 12.0. The summed E-state index contributed by atoms with van der Waals surface area (Å²) in [5.41, 5.74) is 1.40. The van der Waals surface area contributed by atoms with E-state index in [2.05, 4.69) is 4.98 Å². The van der Waals surface area contributed by atoms with Crippen LogP contribution in [0.4, 0.5) is 0 Å². The topological polar surface area (TPSA) is 70.1 Å². The third-order valence-corrected chi connectivity index (χ3v) is 5.77. The summed E-state index contributed by atoms with van der Waals surface area (Å²) in [5, 5.41) is 1.05. The molecule has 1 saturated heterocycles. The molecule has 0 atom stereocenters. The lowest BCUT2D eigenvalue weighted by Gasteiger charge is -2.32. The van der Waals surface area contributed by atoms with Gasteiger partial charge in [0.2, 0.25) is 5.75 Å². The molecule has 1 fully saturated rings. The number of nitrogens with zero attached hydrogens (tertiary/aromatic N) is 2. The Morgan fingerprint density at radius 1 is 0.912 bits per heavy atom. The molecular weight excluding hydrogens is 432 g/mol. The summed E-state index contributed by atoms with van der Waals surface area (Å²) in [6.45, 7) is 8.36. The van der Waals surface area contributed by atoms with E-state index in [0.29, 0.717) is 55.7 Å². The molecule has 34 heavy (non-hydrogen) atoms. The molecule has 180 valence electrons. The number of rotatable bonds is 9. The first kappa shape index (κ1) is 23.7. The standard InChI is InChI=1S/C27H32N2O5/c1-4-31-23-17-20(18-24(32-5-2)26(23)33-6-3)27(30)29-15-12-21(13-16-29)34-22-11-7-9-19-10-8-14-28-25(19)22/h7-11,14,17-18,21H,4-6,12-13,15-16H2,1-3H3. The van der Waals surface area contributed by atoms with Crippen LogP contribution in [0.15, 0.2) is 48.7 Å². The number of para-hydroxylation sites is 1. The van der Waals surface area contributed by atoms with Crippen LogP contribution in [0.2, 0.25) is 0 Å². The number of likely N-dealkylation sites (tertiary alicyclic amines) is 1. The van der Waals surface area contributed by atoms with Gasteiger partial charge in [0.15, 0.2) is 11.5 Å². The van der Waals surface area contributed by atoms with Gasteiger partial charge in [-0.15, -0.1) is 0 Å². The monoisotopic (exact) mass is 464 g/mol. The fourth-order valence-electron chi connectivity index (χ4n) is 4.22. The van der Waals surface area contributed by atoms with Crippen molar-refractivity contribution in [1.82, 2.24) is 9.88 Å². The lowest BCUT2D eigenvalue weighted by Crippen LogP contribution is -2.41. The lowest BCUT2D eigenvalue weighted by atomic mass is 10.1. The Kier molecular flexibility index (Phi) is 7.72. The SMILES string of the molecule is CCOc1cc(C(=O)N2CCC(Oc3cccc4cccnc34)CC2)cc(OCC)c1OCC. The molecule has 0 N–H and O–H groups in total. The fraction of sp³-hybridized carbons (Fsp3) is 0.407. The Balaban J connectivity index is 1.46. The number of pyridine rings is 1. The zero-order valence-electron chi connectivity index (χ0n) is 20.1. The molecule has 2 aromatic carbocycles. The third-order valence-electron chi connectivity index (χ3n) is 5.77. The molecule has 0 aliphatic carbocycles. The summed E-state index contributed by atoms with van der Waals surface area (Å²) < 4.78 is 23.6. The minimum absolute atomic E-state index is 0.0370. The molecule has 0 saturated carbocycles. The number of hydrogen-bond donors (Lipinski definition) is 0. The zero-order chi connectivity index (χ0) is 23.9. The van der Waals surface area contributed by atoms with Gasteiger partial charge in [-0.1, -0.05) is 18.2 Å². The molecule has 7 heteroatoms. The maximum Gasteiger partial charge on any atom is 0.254 e. The Morgan fingerprint density at radius 2 is 1.56 bits per heavy atom. The van der Waals surface area contributed by atoms with Gasteiger partial charge in [0, 0.05) is 43.1 Å². The van der Waals surface area contributed by atoms with E-state index in [1.54, 1.807) is 18.3 Å². The molecule has 4 rings (SSSR count). The second-order valence-corrected chi connectivity index (χ2v) is 8.04. The van der Waals surface area contributed by atoms with Crippen LogP contribution in [-0.4, -0.2) is 54.8 Å². The summed E-state index contributed by atoms with van der Waals surface area (Å²) in [7, 11) is 0. The van der Waals surface area contributed by atoms with Crippen LogP contribution in [0.3, 0.4) is 0 Å². The van der Waals surface area contributed by atoms with Gasteiger partial charge in [-0.2, -0.15) is 0 Å². The molecule has 0 unspecified atom stereocenters. The van der Waals surface area contributed by atoms with Gasteiger partial charge in [0.05, 0.1) is 19.8 Å². The van der Waals surface area contributed by atoms with Crippen LogP contribution >= 0.6 is 0 Å². The highest BCUT2D eigenvalue weighted by molar-refractivity contribution is 5.95. The second kappa shape index (κ2) is 11.1. The van der Waals surface area contributed by atoms with E-state index in [9.17, 15) is 4.79 Å². The third kappa shape index (κ3) is 5.19. The van der Waals surface area contributed by atoms with Crippen molar-refractivity contribution < 1.29 is 23.7 Å². The molecule has 0 spiro atoms. The zero-order valence-corrected chi connectivity index (χ0v) is 20.1. The Bertz CT molecular complexity index is 1090. The molecule has 1 aliphatic rings. The summed E-state index contributed by atoms with van der Waals surface area (Å²) in [5.74, 6) is 2.34. The fourth-order valence-corrected chi connectivity index (χ4v) is 4.22. The van der Waals surface area contributed by atoms with E-state index in [0.717, 1.165) is 29.5 Å². The van der Waals surface area contributed by atoms with E-state index in [1.807, 2.05) is 56.0 Å². The van der Waals surface area contributed by atoms with Gasteiger partial charge in [0.25, 0.3) is 5.91 Å². The summed E-state index contributed by atoms with van der Waals surface area (Å²) in [4.78, 5) is 19.7. The highest BCUT2D eigenvalue weighted by Crippen LogP contribution is 2.39. The normalized spacial score (nSPS) is 14.1. The largest absolute Gasteiger partial charge is 0.490 e. The average Bonchev–Trinajstić information content (AvgIpc) is 2.86. The van der Waals surface area contributed by atoms with Crippen molar-refractivity contribution in [2.75, 3.05) is 32.9 Å². The van der Waals surface area contributed by atoms with E-state index in [1.165, 1.54) is 0 Å². The number of piperidine rings is 1. The molecule has 0 bridgehead atoms. The molecule has 1 aromatic heterocycles. The number of carbonyl (C=O) groups is 1. The van der Waals surface area contributed by atoms with Crippen molar-refractivity contribution in [2.24, 2.45) is 0 Å². The summed E-state index contributed by atoms with van der Waals surface area (Å²) in [6, 6.07) is 13.4. The van der Waals surface area contributed by atoms with Gasteiger partial charge in [0.1, 0.15) is 17.4 Å². The van der Waals surface area contributed by atoms with E-state index in [-0.39, 0.29) is 12.0 Å². The molecule has 7 nitrogen and oxygen atoms in total. The van der Waals surface area contributed by atoms with Gasteiger partial charge < -0.3 is 23.8 Å². The maximum absolute atomic E-state index is 13.3. The minimum atomic E-state index is -0.0461. The van der Waals surface area contributed by atoms with Crippen LogP contribution in [0.5, 0.6) is 23.0 Å². The van der Waals surface area contributed by atoms with Crippen molar-refractivity contribution in [2.45, 2.75) is 39.7 Å². The molecule has 3 aromatic rings. The van der Waals surface area contributed by atoms with Crippen molar-refractivity contribution >= 4 is 16.8 Å². The first-order chi connectivity index (χ1) is 16.6. The predicted molar refractivity (Wildman–Crippen MR) is 131 cm³/mol. The lowest BCUT2D eigenvalue weighted by molar-refractivity contribution is 0.0596. The van der Waals surface area contributed by atoms with Crippen LogP contribution < -0.4 is 18.9 Å². The quantitative estimate of drug-likeness (QED) is 0.438. The highest BCUT2D eigenvalue weighted by atomic mass is 16.5. The number of hydrogen-bond acceptors (Lipinski definition) is 6. The molecular formula is C27H32N2O5. The van der Waals surface area contributed by atoms with Gasteiger partial charge in [-0.05, 0) is 45.0 Å². The summed E-state index contributed by atoms with van der Waals surface area (Å²) in [6.07, 6.45) is 3.32. The maximum atomic E-state index is 13.3. The van der Waals surface area contributed by atoms with Crippen LogP contribution in [-0.2, 0) is 0 Å². The van der Waals surface area contributed by atoms with Crippen molar-refractivity contribution in [3.63, 3.8) is 0 Å². The Morgan fingerprint density at radius 3 is 2.21 bits per heavy atom. The predicted octanol–water partition coefficient (Wildman–Crippen LogP) is 5.11. The number of ether oxygens (including phenoxy) is 4. The molecule has 1 aliphatic heterocycles. The van der Waals surface area contributed by atoms with Crippen molar-refractivity contribution in [1.29, 1.82) is 0 Å². The van der Waals surface area contributed by atoms with Crippen molar-refractivity contribution in [3.05, 3.63) is 54.2 Å². The number of aromatic nitrogens is 1. The second-order valence-electron chi connectivity index (χ2n) is 8.04. The molecule has 0 radical (unpaired) electrons. The summed E-state index contributed by atoms with van der Waals surface area (Å²) >= 11 is 0.